The van der Waals surface area contributed by atoms with E-state index < -0.39 is 5.41 Å². The molecule has 0 aromatic rings. The van der Waals surface area contributed by atoms with Crippen LogP contribution in [-0.2, 0) is 9.59 Å². The maximum atomic E-state index is 12.3. The number of Topliss-reactive ketones (excluding diaryl/α,β-unsaturated/α-hetero) is 1. The molecule has 1 aliphatic rings. The third-order valence-electron chi connectivity index (χ3n) is 2.88. The van der Waals surface area contributed by atoms with Crippen LogP contribution in [0.2, 0.25) is 0 Å². The van der Waals surface area contributed by atoms with Crippen LogP contribution in [0.1, 0.15) is 53.4 Å². The van der Waals surface area contributed by atoms with Crippen molar-refractivity contribution >= 4 is 22.7 Å². The number of ketones is 1. The Labute approximate surface area is 108 Å². The maximum Gasteiger partial charge on any atom is 0.206 e. The lowest BCUT2D eigenvalue weighted by Crippen LogP contribution is -2.35. The lowest BCUT2D eigenvalue weighted by Gasteiger charge is -2.27. The molecule has 0 saturated carbocycles. The number of allylic oxidation sites excluding steroid dienone is 2. The molecule has 96 valence electrons. The van der Waals surface area contributed by atoms with Gasteiger partial charge < -0.3 is 0 Å². The molecule has 0 fully saturated rings. The molecule has 3 heteroatoms. The summed E-state index contributed by atoms with van der Waals surface area (Å²) in [6.07, 6.45) is 7.23. The number of carbonyl (C=O) groups excluding carboxylic acids is 2. The molecule has 1 atom stereocenters. The Kier molecular flexibility index (Phi) is 4.59. The van der Waals surface area contributed by atoms with E-state index in [1.807, 2.05) is 32.9 Å². The molecular weight excluding hydrogens is 232 g/mol. The SMILES string of the molecule is CC(C)(C)SC(=O)C1(C)/C=C/CCCCC1=O. The van der Waals surface area contributed by atoms with E-state index in [0.29, 0.717) is 6.42 Å². The van der Waals surface area contributed by atoms with Gasteiger partial charge in [-0.05, 0) is 26.2 Å². The molecule has 1 aliphatic carbocycles. The molecule has 0 bridgehead atoms. The maximum absolute atomic E-state index is 12.3. The smallest absolute Gasteiger partial charge is 0.206 e. The predicted molar refractivity (Wildman–Crippen MR) is 73.1 cm³/mol. The molecule has 0 spiro atoms. The van der Waals surface area contributed by atoms with E-state index in [4.69, 9.17) is 0 Å². The van der Waals surface area contributed by atoms with E-state index in [9.17, 15) is 9.59 Å². The van der Waals surface area contributed by atoms with Crippen molar-refractivity contribution in [2.45, 2.75) is 58.1 Å². The van der Waals surface area contributed by atoms with Gasteiger partial charge in [0.2, 0.25) is 5.12 Å². The normalized spacial score (nSPS) is 28.4. The topological polar surface area (TPSA) is 34.1 Å². The van der Waals surface area contributed by atoms with Crippen molar-refractivity contribution in [2.24, 2.45) is 5.41 Å². The fraction of sp³-hybridized carbons (Fsp3) is 0.714. The molecule has 0 aliphatic heterocycles. The van der Waals surface area contributed by atoms with Crippen LogP contribution in [-0.4, -0.2) is 15.6 Å². The van der Waals surface area contributed by atoms with Crippen LogP contribution < -0.4 is 0 Å². The van der Waals surface area contributed by atoms with Crippen molar-refractivity contribution < 1.29 is 9.59 Å². The molecule has 0 amide bonds. The van der Waals surface area contributed by atoms with Crippen molar-refractivity contribution in [1.82, 2.24) is 0 Å². The number of rotatable bonds is 1. The second-order valence-corrected chi connectivity index (χ2v) is 7.58. The van der Waals surface area contributed by atoms with Gasteiger partial charge in [0.05, 0.1) is 0 Å². The molecule has 0 radical (unpaired) electrons. The van der Waals surface area contributed by atoms with Gasteiger partial charge in [-0.25, -0.2) is 0 Å². The van der Waals surface area contributed by atoms with Crippen LogP contribution in [0.4, 0.5) is 0 Å². The first-order valence-corrected chi connectivity index (χ1v) is 7.02. The van der Waals surface area contributed by atoms with Gasteiger partial charge in [0.1, 0.15) is 5.41 Å². The second-order valence-electron chi connectivity index (χ2n) is 5.78. The summed E-state index contributed by atoms with van der Waals surface area (Å²) in [5, 5.41) is -0.0202. The predicted octanol–water partition coefficient (Wildman–Crippen LogP) is 3.75. The summed E-state index contributed by atoms with van der Waals surface area (Å²) in [4.78, 5) is 24.4. The van der Waals surface area contributed by atoms with E-state index in [0.717, 1.165) is 19.3 Å². The number of hydrogen-bond donors (Lipinski definition) is 0. The zero-order chi connectivity index (χ0) is 13.1. The minimum atomic E-state index is -0.918. The molecule has 1 unspecified atom stereocenters. The highest BCUT2D eigenvalue weighted by Crippen LogP contribution is 2.36. The van der Waals surface area contributed by atoms with E-state index in [-0.39, 0.29) is 15.6 Å². The summed E-state index contributed by atoms with van der Waals surface area (Å²) in [6, 6.07) is 0. The highest BCUT2D eigenvalue weighted by atomic mass is 32.2. The van der Waals surface area contributed by atoms with Crippen LogP contribution in [0.15, 0.2) is 12.2 Å². The molecule has 0 N–H and O–H groups in total. The van der Waals surface area contributed by atoms with E-state index in [1.165, 1.54) is 11.8 Å². The molecule has 0 saturated heterocycles. The first-order valence-electron chi connectivity index (χ1n) is 6.20. The summed E-state index contributed by atoms with van der Waals surface area (Å²) >= 11 is 1.27. The fourth-order valence-electron chi connectivity index (χ4n) is 1.79. The summed E-state index contributed by atoms with van der Waals surface area (Å²) in [7, 11) is 0. The highest BCUT2D eigenvalue weighted by Gasteiger charge is 2.39. The molecule has 1 rings (SSSR count). The summed E-state index contributed by atoms with van der Waals surface area (Å²) in [5.74, 6) is 0.0650. The zero-order valence-electron chi connectivity index (χ0n) is 11.2. The quantitative estimate of drug-likeness (QED) is 0.528. The minimum absolute atomic E-state index is 0.0202. The summed E-state index contributed by atoms with van der Waals surface area (Å²) in [6.45, 7) is 7.75. The van der Waals surface area contributed by atoms with Crippen molar-refractivity contribution in [3.63, 3.8) is 0 Å². The Morgan fingerprint density at radius 1 is 1.35 bits per heavy atom. The monoisotopic (exact) mass is 254 g/mol. The average Bonchev–Trinajstić information content (AvgIpc) is 2.17. The Balaban J connectivity index is 2.92. The number of carbonyl (C=O) groups is 2. The summed E-state index contributed by atoms with van der Waals surface area (Å²) < 4.78 is -0.142. The molecular formula is C14H22O2S. The number of hydrogen-bond acceptors (Lipinski definition) is 3. The van der Waals surface area contributed by atoms with Crippen LogP contribution in [0.5, 0.6) is 0 Å². The number of thioether (sulfide) groups is 1. The average molecular weight is 254 g/mol. The van der Waals surface area contributed by atoms with Gasteiger partial charge in [0, 0.05) is 11.2 Å². The van der Waals surface area contributed by atoms with Crippen LogP contribution in [0.25, 0.3) is 0 Å². The van der Waals surface area contributed by atoms with Gasteiger partial charge in [0.25, 0.3) is 0 Å². The Hall–Kier alpha value is -0.570. The Morgan fingerprint density at radius 3 is 2.59 bits per heavy atom. The van der Waals surface area contributed by atoms with Gasteiger partial charge >= 0.3 is 0 Å². The van der Waals surface area contributed by atoms with Gasteiger partial charge in [-0.2, -0.15) is 0 Å². The van der Waals surface area contributed by atoms with Crippen LogP contribution in [0, 0.1) is 5.41 Å². The first-order chi connectivity index (χ1) is 7.76. The molecule has 2 nitrogen and oxygen atoms in total. The zero-order valence-corrected chi connectivity index (χ0v) is 12.0. The lowest BCUT2D eigenvalue weighted by molar-refractivity contribution is -0.132. The Bertz CT molecular complexity index is 339. The third-order valence-corrected chi connectivity index (χ3v) is 4.10. The van der Waals surface area contributed by atoms with E-state index >= 15 is 0 Å². The fourth-order valence-corrected chi connectivity index (χ4v) is 2.74. The van der Waals surface area contributed by atoms with Crippen molar-refractivity contribution in [3.8, 4) is 0 Å². The molecule has 17 heavy (non-hydrogen) atoms. The lowest BCUT2D eigenvalue weighted by atomic mass is 9.82. The van der Waals surface area contributed by atoms with E-state index in [1.54, 1.807) is 6.92 Å². The second kappa shape index (κ2) is 5.38. The van der Waals surface area contributed by atoms with Crippen molar-refractivity contribution in [1.29, 1.82) is 0 Å². The minimum Gasteiger partial charge on any atom is -0.298 e. The van der Waals surface area contributed by atoms with E-state index in [2.05, 4.69) is 0 Å². The standard InChI is InChI=1S/C14H22O2S/c1-13(2,3)17-12(16)14(4)10-8-6-5-7-9-11(14)15/h8,10H,5-7,9H2,1-4H3/b10-8+. The van der Waals surface area contributed by atoms with Gasteiger partial charge in [-0.1, -0.05) is 44.7 Å². The molecule has 0 heterocycles. The van der Waals surface area contributed by atoms with Gasteiger partial charge in [-0.3, -0.25) is 9.59 Å². The van der Waals surface area contributed by atoms with Crippen molar-refractivity contribution in [2.75, 3.05) is 0 Å². The van der Waals surface area contributed by atoms with Gasteiger partial charge in [-0.15, -0.1) is 0 Å². The molecule has 0 aromatic heterocycles. The molecule has 0 aromatic carbocycles. The highest BCUT2D eigenvalue weighted by molar-refractivity contribution is 8.14. The Morgan fingerprint density at radius 2 is 2.00 bits per heavy atom. The first kappa shape index (κ1) is 14.5. The van der Waals surface area contributed by atoms with Crippen LogP contribution >= 0.6 is 11.8 Å². The van der Waals surface area contributed by atoms with Crippen molar-refractivity contribution in [3.05, 3.63) is 12.2 Å². The third kappa shape index (κ3) is 3.98. The van der Waals surface area contributed by atoms with Gasteiger partial charge in [0.15, 0.2) is 5.78 Å². The summed E-state index contributed by atoms with van der Waals surface area (Å²) in [5.41, 5.74) is -0.918. The van der Waals surface area contributed by atoms with Crippen LogP contribution in [0.3, 0.4) is 0 Å². The largest absolute Gasteiger partial charge is 0.298 e.